The van der Waals surface area contributed by atoms with Gasteiger partial charge in [-0.15, -0.1) is 0 Å². The number of nitrogens with zero attached hydrogens (tertiary/aromatic N) is 1. The molecule has 0 fully saturated rings. The number of fused-ring (bicyclic) bond motifs is 1. The fourth-order valence-corrected chi connectivity index (χ4v) is 2.08. The zero-order chi connectivity index (χ0) is 13.5. The number of nitrogen functional groups attached to an aromatic ring is 1. The molecule has 7 heteroatoms. The number of rotatable bonds is 2. The molecule has 0 unspecified atom stereocenters. The molecule has 0 aliphatic rings. The lowest BCUT2D eigenvalue weighted by atomic mass is 10.2. The Bertz CT molecular complexity index is 592. The van der Waals surface area contributed by atoms with Crippen molar-refractivity contribution >= 4 is 28.2 Å². The maximum Gasteiger partial charge on any atom is 0.406 e. The number of aliphatic hydroxyl groups excluding tert-OH is 1. The van der Waals surface area contributed by atoms with Crippen LogP contribution in [0, 0.1) is 0 Å². The highest BCUT2D eigenvalue weighted by molar-refractivity contribution is 6.38. The molecular weight excluding hydrogens is 269 g/mol. The molecule has 2 rings (SSSR count). The van der Waals surface area contributed by atoms with E-state index in [9.17, 15) is 13.2 Å². The Morgan fingerprint density at radius 1 is 1.33 bits per heavy atom. The van der Waals surface area contributed by atoms with Crippen LogP contribution < -0.4 is 5.73 Å². The molecule has 98 valence electrons. The van der Waals surface area contributed by atoms with Gasteiger partial charge in [0.1, 0.15) is 6.54 Å². The molecule has 0 radical (unpaired) electrons. The number of halogens is 4. The van der Waals surface area contributed by atoms with Crippen molar-refractivity contribution in [2.75, 3.05) is 5.73 Å². The summed E-state index contributed by atoms with van der Waals surface area (Å²) in [5.41, 5.74) is 6.33. The summed E-state index contributed by atoms with van der Waals surface area (Å²) >= 11 is 5.94. The van der Waals surface area contributed by atoms with Gasteiger partial charge in [0.15, 0.2) is 0 Å². The average Bonchev–Trinajstić information content (AvgIpc) is 2.60. The summed E-state index contributed by atoms with van der Waals surface area (Å²) < 4.78 is 38.4. The Balaban J connectivity index is 2.67. The third-order valence-electron chi connectivity index (χ3n) is 2.63. The molecule has 1 heterocycles. The number of aromatic nitrogens is 1. The van der Waals surface area contributed by atoms with Crippen LogP contribution in [0.3, 0.4) is 0 Å². The Kier molecular flexibility index (Phi) is 3.16. The lowest BCUT2D eigenvalue weighted by Gasteiger charge is -2.12. The first kappa shape index (κ1) is 13.0. The van der Waals surface area contributed by atoms with Gasteiger partial charge in [0.25, 0.3) is 0 Å². The van der Waals surface area contributed by atoms with E-state index >= 15 is 0 Å². The molecule has 0 saturated heterocycles. The van der Waals surface area contributed by atoms with Crippen molar-refractivity contribution in [3.05, 3.63) is 28.9 Å². The van der Waals surface area contributed by atoms with Gasteiger partial charge in [-0.25, -0.2) is 0 Å². The molecule has 0 aliphatic heterocycles. The van der Waals surface area contributed by atoms with Crippen molar-refractivity contribution in [1.82, 2.24) is 4.57 Å². The van der Waals surface area contributed by atoms with Gasteiger partial charge in [0.2, 0.25) is 0 Å². The third kappa shape index (κ3) is 2.26. The molecule has 18 heavy (non-hydrogen) atoms. The predicted octanol–water partition coefficient (Wildman–Crippen LogP) is 2.93. The topological polar surface area (TPSA) is 51.2 Å². The molecule has 0 bridgehead atoms. The zero-order valence-electron chi connectivity index (χ0n) is 9.13. The summed E-state index contributed by atoms with van der Waals surface area (Å²) in [5, 5.41) is 9.72. The van der Waals surface area contributed by atoms with Crippen molar-refractivity contribution in [1.29, 1.82) is 0 Å². The second-order valence-electron chi connectivity index (χ2n) is 3.90. The second kappa shape index (κ2) is 4.37. The Labute approximate surface area is 106 Å². The maximum absolute atomic E-state index is 12.5. The summed E-state index contributed by atoms with van der Waals surface area (Å²) in [5.74, 6) is 0. The van der Waals surface area contributed by atoms with Crippen LogP contribution in [0.2, 0.25) is 5.02 Å². The zero-order valence-corrected chi connectivity index (χ0v) is 9.89. The lowest BCUT2D eigenvalue weighted by Crippen LogP contribution is -2.19. The highest BCUT2D eigenvalue weighted by Crippen LogP contribution is 2.33. The van der Waals surface area contributed by atoms with E-state index in [1.165, 1.54) is 18.2 Å². The first-order chi connectivity index (χ1) is 8.33. The van der Waals surface area contributed by atoms with Crippen LogP contribution >= 0.6 is 11.6 Å². The minimum Gasteiger partial charge on any atom is -0.398 e. The average molecular weight is 279 g/mol. The standard InChI is InChI=1S/C11H10ClF3N2O/c12-10-7-3-6(4-18)17(5-11(13,14)15)9(7)2-1-8(10)16/h1-3,18H,4-5,16H2. The van der Waals surface area contributed by atoms with Gasteiger partial charge < -0.3 is 15.4 Å². The minimum absolute atomic E-state index is 0.148. The molecule has 0 saturated carbocycles. The molecular formula is C11H10ClF3N2O. The van der Waals surface area contributed by atoms with Crippen molar-refractivity contribution in [3.63, 3.8) is 0 Å². The van der Waals surface area contributed by atoms with Crippen LogP contribution in [0.5, 0.6) is 0 Å². The van der Waals surface area contributed by atoms with Gasteiger partial charge in [-0.1, -0.05) is 11.6 Å². The van der Waals surface area contributed by atoms with Gasteiger partial charge in [-0.2, -0.15) is 13.2 Å². The van der Waals surface area contributed by atoms with E-state index < -0.39 is 19.3 Å². The van der Waals surface area contributed by atoms with Crippen LogP contribution in [0.4, 0.5) is 18.9 Å². The molecule has 3 nitrogen and oxygen atoms in total. The summed E-state index contributed by atoms with van der Waals surface area (Å²) in [6.07, 6.45) is -4.37. The number of hydrogen-bond donors (Lipinski definition) is 2. The van der Waals surface area contributed by atoms with E-state index in [1.807, 2.05) is 0 Å². The Hall–Kier alpha value is -1.40. The predicted molar refractivity (Wildman–Crippen MR) is 63.3 cm³/mol. The molecule has 2 aromatic rings. The maximum atomic E-state index is 12.5. The van der Waals surface area contributed by atoms with E-state index in [0.29, 0.717) is 10.9 Å². The summed E-state index contributed by atoms with van der Waals surface area (Å²) in [4.78, 5) is 0. The molecule has 1 aromatic heterocycles. The van der Waals surface area contributed by atoms with Gasteiger partial charge in [-0.05, 0) is 18.2 Å². The molecule has 0 spiro atoms. The van der Waals surface area contributed by atoms with Crippen LogP contribution in [0.25, 0.3) is 10.9 Å². The quantitative estimate of drug-likeness (QED) is 0.830. The van der Waals surface area contributed by atoms with Gasteiger partial charge >= 0.3 is 6.18 Å². The first-order valence-corrected chi connectivity index (χ1v) is 5.45. The number of anilines is 1. The fraction of sp³-hybridized carbons (Fsp3) is 0.273. The second-order valence-corrected chi connectivity index (χ2v) is 4.27. The highest BCUT2D eigenvalue weighted by atomic mass is 35.5. The Morgan fingerprint density at radius 2 is 2.00 bits per heavy atom. The van der Waals surface area contributed by atoms with Gasteiger partial charge in [0.05, 0.1) is 22.8 Å². The van der Waals surface area contributed by atoms with Crippen molar-refractivity contribution in [2.45, 2.75) is 19.3 Å². The normalized spacial score (nSPS) is 12.3. The Morgan fingerprint density at radius 3 is 2.56 bits per heavy atom. The molecule has 0 aliphatic carbocycles. The van der Waals surface area contributed by atoms with Crippen LogP contribution in [0.15, 0.2) is 18.2 Å². The smallest absolute Gasteiger partial charge is 0.398 e. The number of nitrogens with two attached hydrogens (primary N) is 1. The van der Waals surface area contributed by atoms with E-state index in [4.69, 9.17) is 22.4 Å². The largest absolute Gasteiger partial charge is 0.406 e. The molecule has 1 aromatic carbocycles. The third-order valence-corrected chi connectivity index (χ3v) is 3.06. The fourth-order valence-electron chi connectivity index (χ4n) is 1.87. The molecule has 0 amide bonds. The first-order valence-electron chi connectivity index (χ1n) is 5.07. The summed E-state index contributed by atoms with van der Waals surface area (Å²) in [6, 6.07) is 4.32. The summed E-state index contributed by atoms with van der Waals surface area (Å²) in [7, 11) is 0. The van der Waals surface area contributed by atoms with Gasteiger partial charge in [-0.3, -0.25) is 0 Å². The lowest BCUT2D eigenvalue weighted by molar-refractivity contribution is -0.140. The van der Waals surface area contributed by atoms with Crippen molar-refractivity contribution in [2.24, 2.45) is 0 Å². The van der Waals surface area contributed by atoms with E-state index in [1.54, 1.807) is 0 Å². The number of hydrogen-bond acceptors (Lipinski definition) is 2. The number of aliphatic hydroxyl groups is 1. The van der Waals surface area contributed by atoms with Gasteiger partial charge in [0, 0.05) is 11.1 Å². The minimum atomic E-state index is -4.37. The van der Waals surface area contributed by atoms with Crippen LogP contribution in [0.1, 0.15) is 5.69 Å². The van der Waals surface area contributed by atoms with Crippen LogP contribution in [-0.2, 0) is 13.2 Å². The SMILES string of the molecule is Nc1ccc2c(cc(CO)n2CC(F)(F)F)c1Cl. The summed E-state index contributed by atoms with van der Waals surface area (Å²) in [6.45, 7) is -1.67. The van der Waals surface area contributed by atoms with E-state index in [0.717, 1.165) is 4.57 Å². The molecule has 0 atom stereocenters. The van der Waals surface area contributed by atoms with E-state index in [2.05, 4.69) is 0 Å². The number of benzene rings is 1. The highest BCUT2D eigenvalue weighted by Gasteiger charge is 2.30. The van der Waals surface area contributed by atoms with E-state index in [-0.39, 0.29) is 16.4 Å². The van der Waals surface area contributed by atoms with Crippen molar-refractivity contribution < 1.29 is 18.3 Å². The monoisotopic (exact) mass is 278 g/mol. The van der Waals surface area contributed by atoms with Crippen LogP contribution in [-0.4, -0.2) is 15.8 Å². The molecule has 3 N–H and O–H groups in total. The van der Waals surface area contributed by atoms with Crippen molar-refractivity contribution in [3.8, 4) is 0 Å². The number of alkyl halides is 3.